The van der Waals surface area contributed by atoms with Crippen LogP contribution in [0.15, 0.2) is 44.3 Å². The first kappa shape index (κ1) is 26.5. The molecule has 1 aromatic carbocycles. The van der Waals surface area contributed by atoms with Crippen LogP contribution >= 0.6 is 0 Å². The Morgan fingerprint density at radius 1 is 0.919 bits per heavy atom. The molecule has 4 rings (SSSR count). The van der Waals surface area contributed by atoms with E-state index in [1.807, 2.05) is 4.90 Å². The van der Waals surface area contributed by atoms with Gasteiger partial charge in [-0.1, -0.05) is 6.07 Å². The summed E-state index contributed by atoms with van der Waals surface area (Å²) in [5.41, 5.74) is -3.61. The number of alkyl halides is 6. The lowest BCUT2D eigenvalue weighted by Crippen LogP contribution is -2.49. The Balaban J connectivity index is 1.55. The van der Waals surface area contributed by atoms with Gasteiger partial charge in [-0.2, -0.15) is 26.3 Å². The molecule has 14 heteroatoms. The third-order valence-electron chi connectivity index (χ3n) is 6.18. The first-order valence-electron chi connectivity index (χ1n) is 11.1. The molecule has 0 aliphatic carbocycles. The normalized spacial score (nSPS) is 15.4. The van der Waals surface area contributed by atoms with Crippen molar-refractivity contribution < 1.29 is 35.2 Å². The van der Waals surface area contributed by atoms with Crippen LogP contribution in [-0.2, 0) is 25.4 Å². The fourth-order valence-corrected chi connectivity index (χ4v) is 4.34. The number of H-pyrrole nitrogens is 1. The molecule has 1 fully saturated rings. The Morgan fingerprint density at radius 2 is 1.59 bits per heavy atom. The highest BCUT2D eigenvalue weighted by Crippen LogP contribution is 2.34. The van der Waals surface area contributed by atoms with Crippen LogP contribution in [0.1, 0.15) is 28.3 Å². The Hall–Kier alpha value is -3.55. The number of anilines is 1. The highest BCUT2D eigenvalue weighted by molar-refractivity contribution is 5.49. The van der Waals surface area contributed by atoms with Crippen LogP contribution in [0.5, 0.6) is 0 Å². The summed E-state index contributed by atoms with van der Waals surface area (Å²) in [6.45, 7) is 1.86. The monoisotopic (exact) mass is 534 g/mol. The van der Waals surface area contributed by atoms with Gasteiger partial charge in [0.2, 0.25) is 5.76 Å². The summed E-state index contributed by atoms with van der Waals surface area (Å²) in [6, 6.07) is 4.56. The molecule has 1 aliphatic heterocycles. The number of furan rings is 1. The zero-order valence-corrected chi connectivity index (χ0v) is 19.3. The second-order valence-electron chi connectivity index (χ2n) is 8.57. The zero-order chi connectivity index (χ0) is 27.1. The fraction of sp³-hybridized carbons (Fsp3) is 0.391. The SMILES string of the molecule is Cc1c(N2CCN(Cc3ccc(C(F)(F)F)o3)CC2)c(=O)[nH]c(=O)n1Cc1c(F)cccc1C(F)(F)F. The molecule has 0 saturated carbocycles. The number of aromatic nitrogens is 2. The molecule has 0 atom stereocenters. The lowest BCUT2D eigenvalue weighted by Gasteiger charge is -2.36. The number of nitrogens with zero attached hydrogens (tertiary/aromatic N) is 3. The Labute approximate surface area is 204 Å². The van der Waals surface area contributed by atoms with E-state index in [9.17, 15) is 40.3 Å². The smallest absolute Gasteiger partial charge is 0.449 e. The molecule has 3 aromatic rings. The molecule has 0 unspecified atom stereocenters. The van der Waals surface area contributed by atoms with Crippen LogP contribution in [0.3, 0.4) is 0 Å². The average molecular weight is 534 g/mol. The lowest BCUT2D eigenvalue weighted by atomic mass is 10.1. The summed E-state index contributed by atoms with van der Waals surface area (Å²) in [5, 5.41) is 0. The van der Waals surface area contributed by atoms with Gasteiger partial charge in [0.1, 0.15) is 17.3 Å². The van der Waals surface area contributed by atoms with Crippen LogP contribution in [-0.4, -0.2) is 40.6 Å². The second-order valence-corrected chi connectivity index (χ2v) is 8.57. The number of piperazine rings is 1. The molecule has 0 amide bonds. The number of benzene rings is 1. The molecule has 7 nitrogen and oxygen atoms in total. The Bertz CT molecular complexity index is 1400. The van der Waals surface area contributed by atoms with E-state index in [4.69, 9.17) is 4.42 Å². The number of hydrogen-bond acceptors (Lipinski definition) is 5. The molecule has 37 heavy (non-hydrogen) atoms. The minimum Gasteiger partial charge on any atom is -0.455 e. The maximum atomic E-state index is 14.4. The predicted molar refractivity (Wildman–Crippen MR) is 118 cm³/mol. The largest absolute Gasteiger partial charge is 0.455 e. The molecule has 1 aliphatic rings. The van der Waals surface area contributed by atoms with Gasteiger partial charge in [-0.15, -0.1) is 0 Å². The van der Waals surface area contributed by atoms with Gasteiger partial charge in [-0.05, 0) is 31.2 Å². The maximum Gasteiger partial charge on any atom is 0.449 e. The molecule has 200 valence electrons. The number of rotatable bonds is 5. The number of aromatic amines is 1. The van der Waals surface area contributed by atoms with Crippen molar-refractivity contribution in [3.63, 3.8) is 0 Å². The molecule has 1 N–H and O–H groups in total. The minimum atomic E-state index is -4.86. The summed E-state index contributed by atoms with van der Waals surface area (Å²) in [7, 11) is 0. The van der Waals surface area contributed by atoms with Gasteiger partial charge in [0.05, 0.1) is 18.7 Å². The molecular weight excluding hydrogens is 513 g/mol. The maximum absolute atomic E-state index is 14.4. The number of nitrogens with one attached hydrogen (secondary N) is 1. The van der Waals surface area contributed by atoms with Crippen molar-refractivity contribution >= 4 is 5.69 Å². The van der Waals surface area contributed by atoms with Crippen molar-refractivity contribution in [2.24, 2.45) is 0 Å². The summed E-state index contributed by atoms with van der Waals surface area (Å²) in [4.78, 5) is 30.6. The number of halogens is 7. The van der Waals surface area contributed by atoms with Crippen LogP contribution in [0.25, 0.3) is 0 Å². The van der Waals surface area contributed by atoms with Crippen LogP contribution in [0, 0.1) is 12.7 Å². The lowest BCUT2D eigenvalue weighted by molar-refractivity contribution is -0.153. The molecule has 2 aromatic heterocycles. The van der Waals surface area contributed by atoms with Crippen molar-refractivity contribution in [1.29, 1.82) is 0 Å². The third kappa shape index (κ3) is 5.58. The third-order valence-corrected chi connectivity index (χ3v) is 6.18. The van der Waals surface area contributed by atoms with Crippen molar-refractivity contribution in [1.82, 2.24) is 14.5 Å². The van der Waals surface area contributed by atoms with Gasteiger partial charge in [0, 0.05) is 37.4 Å². The Kier molecular flexibility index (Phi) is 6.97. The van der Waals surface area contributed by atoms with Gasteiger partial charge >= 0.3 is 18.0 Å². The predicted octanol–water partition coefficient (Wildman–Crippen LogP) is 3.99. The first-order valence-corrected chi connectivity index (χ1v) is 11.1. The summed E-state index contributed by atoms with van der Waals surface area (Å²) < 4.78 is 98.6. The summed E-state index contributed by atoms with van der Waals surface area (Å²) in [5.74, 6) is -2.13. The molecule has 1 saturated heterocycles. The van der Waals surface area contributed by atoms with Crippen molar-refractivity contribution in [3.05, 3.63) is 85.3 Å². The van der Waals surface area contributed by atoms with Crippen molar-refractivity contribution in [3.8, 4) is 0 Å². The van der Waals surface area contributed by atoms with E-state index < -0.39 is 52.9 Å². The topological polar surface area (TPSA) is 74.5 Å². The van der Waals surface area contributed by atoms with Gasteiger partial charge in [-0.3, -0.25) is 19.2 Å². The van der Waals surface area contributed by atoms with E-state index in [0.717, 1.165) is 22.8 Å². The highest BCUT2D eigenvalue weighted by Gasteiger charge is 2.36. The fourth-order valence-electron chi connectivity index (χ4n) is 4.34. The van der Waals surface area contributed by atoms with Crippen LogP contribution in [0.2, 0.25) is 0 Å². The van der Waals surface area contributed by atoms with Gasteiger partial charge in [0.15, 0.2) is 0 Å². The minimum absolute atomic E-state index is 0.0431. The first-order chi connectivity index (χ1) is 17.3. The van der Waals surface area contributed by atoms with Crippen molar-refractivity contribution in [2.75, 3.05) is 31.1 Å². The highest BCUT2D eigenvalue weighted by atomic mass is 19.4. The van der Waals surface area contributed by atoms with E-state index in [-0.39, 0.29) is 36.8 Å². The zero-order valence-electron chi connectivity index (χ0n) is 19.3. The van der Waals surface area contributed by atoms with Gasteiger partial charge in [0.25, 0.3) is 5.56 Å². The molecule has 0 spiro atoms. The summed E-state index contributed by atoms with van der Waals surface area (Å²) in [6.07, 6.45) is -9.45. The van der Waals surface area contributed by atoms with E-state index in [2.05, 4.69) is 4.98 Å². The van der Waals surface area contributed by atoms with E-state index in [1.54, 1.807) is 4.90 Å². The quantitative estimate of drug-likeness (QED) is 0.502. The average Bonchev–Trinajstić information content (AvgIpc) is 3.27. The molecular formula is C23H21F7N4O3. The van der Waals surface area contributed by atoms with E-state index >= 15 is 0 Å². The van der Waals surface area contributed by atoms with Crippen molar-refractivity contribution in [2.45, 2.75) is 32.4 Å². The van der Waals surface area contributed by atoms with Gasteiger partial charge in [-0.25, -0.2) is 9.18 Å². The van der Waals surface area contributed by atoms with Crippen LogP contribution in [0.4, 0.5) is 36.4 Å². The second kappa shape index (κ2) is 9.72. The van der Waals surface area contributed by atoms with Crippen LogP contribution < -0.4 is 16.1 Å². The van der Waals surface area contributed by atoms with Gasteiger partial charge < -0.3 is 9.32 Å². The number of hydrogen-bond donors (Lipinski definition) is 1. The Morgan fingerprint density at radius 3 is 2.19 bits per heavy atom. The summed E-state index contributed by atoms with van der Waals surface area (Å²) >= 11 is 0. The van der Waals surface area contributed by atoms with E-state index in [0.29, 0.717) is 19.2 Å². The molecule has 0 radical (unpaired) electrons. The van der Waals surface area contributed by atoms with E-state index in [1.165, 1.54) is 13.0 Å². The standard InChI is InChI=1S/C23H21F7N4O3/c1-13-19(33-9-7-32(8-10-33)11-14-5-6-18(37-14)23(28,29)30)20(35)31-21(36)34(13)12-15-16(22(25,26)27)3-2-4-17(15)24/h2-6H,7-12H2,1H3,(H,31,35,36). The molecule has 0 bridgehead atoms. The molecule has 3 heterocycles.